The first-order valence-electron chi connectivity index (χ1n) is 7.60. The molecule has 3 aromatic rings. The summed E-state index contributed by atoms with van der Waals surface area (Å²) < 4.78 is 1.94. The zero-order chi connectivity index (χ0) is 15.1. The summed E-state index contributed by atoms with van der Waals surface area (Å²) in [5.41, 5.74) is 7.21. The summed E-state index contributed by atoms with van der Waals surface area (Å²) in [4.78, 5) is 7.82. The van der Waals surface area contributed by atoms with Crippen molar-refractivity contribution < 1.29 is 0 Å². The number of aryl methyl sites for hydroxylation is 2. The van der Waals surface area contributed by atoms with E-state index in [1.165, 1.54) is 22.4 Å². The summed E-state index contributed by atoms with van der Waals surface area (Å²) >= 11 is 0. The molecule has 5 heteroatoms. The van der Waals surface area contributed by atoms with Crippen LogP contribution < -0.4 is 5.32 Å². The molecule has 0 saturated heterocycles. The predicted octanol–water partition coefficient (Wildman–Crippen LogP) is 2.45. The molecule has 2 aromatic heterocycles. The van der Waals surface area contributed by atoms with Gasteiger partial charge in [0.2, 0.25) is 0 Å². The Morgan fingerprint density at radius 2 is 2.18 bits per heavy atom. The van der Waals surface area contributed by atoms with Crippen molar-refractivity contribution in [1.82, 2.24) is 25.1 Å². The molecule has 22 heavy (non-hydrogen) atoms. The molecule has 0 radical (unpaired) electrons. The molecule has 1 atom stereocenters. The summed E-state index contributed by atoms with van der Waals surface area (Å²) in [5.74, 6) is 0. The van der Waals surface area contributed by atoms with E-state index in [4.69, 9.17) is 0 Å². The van der Waals surface area contributed by atoms with E-state index in [-0.39, 0.29) is 6.04 Å². The Morgan fingerprint density at radius 1 is 1.27 bits per heavy atom. The highest BCUT2D eigenvalue weighted by molar-refractivity contribution is 5.52. The van der Waals surface area contributed by atoms with Gasteiger partial charge in [-0.1, -0.05) is 6.07 Å². The number of benzene rings is 1. The fraction of sp³-hybridized carbons (Fsp3) is 0.294. The van der Waals surface area contributed by atoms with Crippen molar-refractivity contribution in [1.29, 1.82) is 0 Å². The number of aromatic nitrogens is 4. The molecule has 0 saturated carbocycles. The van der Waals surface area contributed by atoms with Crippen molar-refractivity contribution in [3.8, 4) is 5.69 Å². The predicted molar refractivity (Wildman–Crippen MR) is 85.2 cm³/mol. The third kappa shape index (κ3) is 2.05. The Balaban J connectivity index is 1.93. The summed E-state index contributed by atoms with van der Waals surface area (Å²) in [7, 11) is 0. The third-order valence-electron chi connectivity index (χ3n) is 4.30. The highest BCUT2D eigenvalue weighted by Gasteiger charge is 2.27. The Kier molecular flexibility index (Phi) is 3.08. The maximum Gasteiger partial charge on any atom is 0.0926 e. The first-order chi connectivity index (χ1) is 10.7. The molecule has 0 aliphatic carbocycles. The molecule has 112 valence electrons. The number of hydrogen-bond acceptors (Lipinski definition) is 3. The van der Waals surface area contributed by atoms with Crippen LogP contribution in [0.25, 0.3) is 5.69 Å². The Morgan fingerprint density at radius 3 is 3.00 bits per heavy atom. The molecule has 0 spiro atoms. The van der Waals surface area contributed by atoms with E-state index in [0.717, 1.165) is 24.3 Å². The topological polar surface area (TPSA) is 58.5 Å². The minimum absolute atomic E-state index is 0.106. The monoisotopic (exact) mass is 293 g/mol. The average molecular weight is 293 g/mol. The SMILES string of the molecule is Cc1cc(C)c([C@@H]2NCCc3[nH]cnc32)c(-n2cccn2)c1. The zero-order valence-electron chi connectivity index (χ0n) is 12.8. The maximum absolute atomic E-state index is 4.55. The third-order valence-corrected chi connectivity index (χ3v) is 4.30. The molecule has 5 nitrogen and oxygen atoms in total. The van der Waals surface area contributed by atoms with Crippen LogP contribution in [-0.4, -0.2) is 26.3 Å². The number of fused-ring (bicyclic) bond motifs is 1. The molecule has 0 fully saturated rings. The van der Waals surface area contributed by atoms with Crippen molar-refractivity contribution in [3.63, 3.8) is 0 Å². The fourth-order valence-corrected chi connectivity index (χ4v) is 3.39. The Labute approximate surface area is 129 Å². The van der Waals surface area contributed by atoms with E-state index in [2.05, 4.69) is 46.4 Å². The van der Waals surface area contributed by atoms with Gasteiger partial charge < -0.3 is 10.3 Å². The maximum atomic E-state index is 4.55. The number of rotatable bonds is 2. The van der Waals surface area contributed by atoms with Crippen LogP contribution in [0.3, 0.4) is 0 Å². The van der Waals surface area contributed by atoms with E-state index < -0.39 is 0 Å². The van der Waals surface area contributed by atoms with Crippen molar-refractivity contribution in [2.24, 2.45) is 0 Å². The minimum Gasteiger partial charge on any atom is -0.348 e. The van der Waals surface area contributed by atoms with Crippen LogP contribution in [0.1, 0.15) is 34.1 Å². The quantitative estimate of drug-likeness (QED) is 0.763. The summed E-state index contributed by atoms with van der Waals surface area (Å²) in [6.45, 7) is 5.24. The van der Waals surface area contributed by atoms with Gasteiger partial charge in [0.1, 0.15) is 0 Å². The van der Waals surface area contributed by atoms with Gasteiger partial charge in [0.25, 0.3) is 0 Å². The highest BCUT2D eigenvalue weighted by atomic mass is 15.3. The zero-order valence-corrected chi connectivity index (χ0v) is 12.8. The van der Waals surface area contributed by atoms with Gasteiger partial charge >= 0.3 is 0 Å². The van der Waals surface area contributed by atoms with Crippen molar-refractivity contribution in [3.05, 3.63) is 65.0 Å². The lowest BCUT2D eigenvalue weighted by Gasteiger charge is -2.27. The van der Waals surface area contributed by atoms with Crippen LogP contribution in [0.2, 0.25) is 0 Å². The van der Waals surface area contributed by atoms with E-state index >= 15 is 0 Å². The molecular formula is C17H19N5. The van der Waals surface area contributed by atoms with Gasteiger partial charge in [-0.3, -0.25) is 0 Å². The smallest absolute Gasteiger partial charge is 0.0926 e. The van der Waals surface area contributed by atoms with Gasteiger partial charge in [0, 0.05) is 36.6 Å². The molecule has 2 N–H and O–H groups in total. The Hall–Kier alpha value is -2.40. The minimum atomic E-state index is 0.106. The number of imidazole rings is 1. The first kappa shape index (κ1) is 13.3. The number of nitrogens with zero attached hydrogens (tertiary/aromatic N) is 3. The summed E-state index contributed by atoms with van der Waals surface area (Å²) in [5, 5.41) is 8.05. The number of aromatic amines is 1. The van der Waals surface area contributed by atoms with Crippen LogP contribution in [0, 0.1) is 13.8 Å². The van der Waals surface area contributed by atoms with Gasteiger partial charge in [-0.25, -0.2) is 9.67 Å². The molecule has 3 heterocycles. The van der Waals surface area contributed by atoms with E-state index in [1.807, 2.05) is 23.1 Å². The van der Waals surface area contributed by atoms with Gasteiger partial charge in [-0.15, -0.1) is 0 Å². The highest BCUT2D eigenvalue weighted by Crippen LogP contribution is 2.33. The molecule has 0 unspecified atom stereocenters. The van der Waals surface area contributed by atoms with Crippen LogP contribution in [0.5, 0.6) is 0 Å². The lowest BCUT2D eigenvalue weighted by molar-refractivity contribution is 0.548. The molecule has 4 rings (SSSR count). The van der Waals surface area contributed by atoms with E-state index in [1.54, 1.807) is 6.33 Å². The lowest BCUT2D eigenvalue weighted by Crippen LogP contribution is -2.32. The summed E-state index contributed by atoms with van der Waals surface area (Å²) in [6, 6.07) is 6.48. The second kappa shape index (κ2) is 5.10. The van der Waals surface area contributed by atoms with Crippen LogP contribution in [0.4, 0.5) is 0 Å². The molecule has 1 aliphatic heterocycles. The average Bonchev–Trinajstić information content (AvgIpc) is 3.18. The molecule has 0 amide bonds. The second-order valence-corrected chi connectivity index (χ2v) is 5.87. The lowest BCUT2D eigenvalue weighted by atomic mass is 9.91. The van der Waals surface area contributed by atoms with Gasteiger partial charge in [0.05, 0.1) is 23.8 Å². The molecule has 1 aliphatic rings. The van der Waals surface area contributed by atoms with Gasteiger partial charge in [-0.05, 0) is 37.1 Å². The Bertz CT molecular complexity index is 801. The number of nitrogens with one attached hydrogen (secondary N) is 2. The van der Waals surface area contributed by atoms with Crippen molar-refractivity contribution in [2.45, 2.75) is 26.3 Å². The largest absolute Gasteiger partial charge is 0.348 e. The van der Waals surface area contributed by atoms with Crippen LogP contribution in [-0.2, 0) is 6.42 Å². The normalized spacial score (nSPS) is 17.5. The van der Waals surface area contributed by atoms with E-state index in [9.17, 15) is 0 Å². The van der Waals surface area contributed by atoms with Gasteiger partial charge in [0.15, 0.2) is 0 Å². The summed E-state index contributed by atoms with van der Waals surface area (Å²) in [6.07, 6.45) is 6.59. The number of hydrogen-bond donors (Lipinski definition) is 2. The van der Waals surface area contributed by atoms with Gasteiger partial charge in [-0.2, -0.15) is 5.10 Å². The van der Waals surface area contributed by atoms with Crippen molar-refractivity contribution in [2.75, 3.05) is 6.54 Å². The van der Waals surface area contributed by atoms with Crippen LogP contribution >= 0.6 is 0 Å². The second-order valence-electron chi connectivity index (χ2n) is 5.87. The van der Waals surface area contributed by atoms with Crippen molar-refractivity contribution >= 4 is 0 Å². The standard InChI is InChI=1S/C17H19N5/c1-11-8-12(2)15(14(9-11)22-7-3-5-21-22)17-16-13(4-6-18-17)19-10-20-16/h3,5,7-10,17-18H,4,6H2,1-2H3,(H,19,20)/t17-/m0/s1. The van der Waals surface area contributed by atoms with Crippen LogP contribution in [0.15, 0.2) is 36.9 Å². The molecule has 0 bridgehead atoms. The molecular weight excluding hydrogens is 274 g/mol. The van der Waals surface area contributed by atoms with E-state index in [0.29, 0.717) is 0 Å². The fourth-order valence-electron chi connectivity index (χ4n) is 3.39. The first-order valence-corrected chi connectivity index (χ1v) is 7.60. The number of H-pyrrole nitrogens is 1. The molecule has 1 aromatic carbocycles.